The molecule has 248 valence electrons. The molecule has 1 saturated carbocycles. The first-order valence-corrected chi connectivity index (χ1v) is 16.4. The summed E-state index contributed by atoms with van der Waals surface area (Å²) in [5, 5.41) is 18.9. The fourth-order valence-electron chi connectivity index (χ4n) is 5.78. The lowest BCUT2D eigenvalue weighted by molar-refractivity contribution is -0.0123. The summed E-state index contributed by atoms with van der Waals surface area (Å²) < 4.78 is 12.6. The number of nitrogens with one attached hydrogen (secondary N) is 3. The van der Waals surface area contributed by atoms with E-state index in [1.54, 1.807) is 42.0 Å². The van der Waals surface area contributed by atoms with Gasteiger partial charge in [0.2, 0.25) is 0 Å². The van der Waals surface area contributed by atoms with Crippen LogP contribution in [-0.4, -0.2) is 96.6 Å². The van der Waals surface area contributed by atoms with E-state index in [0.29, 0.717) is 36.7 Å². The predicted octanol–water partition coefficient (Wildman–Crippen LogP) is 4.99. The van der Waals surface area contributed by atoms with E-state index in [1.165, 1.54) is 6.42 Å². The molecule has 0 unspecified atom stereocenters. The monoisotopic (exact) mass is 617 g/mol. The van der Waals surface area contributed by atoms with E-state index in [4.69, 9.17) is 9.47 Å². The van der Waals surface area contributed by atoms with Crippen molar-refractivity contribution >= 4 is 23.7 Å². The second-order valence-electron chi connectivity index (χ2n) is 12.9. The third kappa shape index (κ3) is 10.8. The molecule has 1 fully saturated rings. The van der Waals surface area contributed by atoms with E-state index in [0.717, 1.165) is 44.9 Å². The lowest BCUT2D eigenvalue weighted by atomic mass is 9.96. The third-order valence-corrected chi connectivity index (χ3v) is 8.46. The highest BCUT2D eigenvalue weighted by molar-refractivity contribution is 5.99. The highest BCUT2D eigenvalue weighted by atomic mass is 16.5. The van der Waals surface area contributed by atoms with Crippen LogP contribution < -0.4 is 20.7 Å². The summed E-state index contributed by atoms with van der Waals surface area (Å²) in [6.45, 7) is 10.5. The Morgan fingerprint density at radius 3 is 2.45 bits per heavy atom. The number of aliphatic hydroxyl groups excluding tert-OH is 1. The molecule has 1 aromatic rings. The zero-order chi connectivity index (χ0) is 32.2. The smallest absolute Gasteiger partial charge is 0.319 e. The molecule has 1 heterocycles. The van der Waals surface area contributed by atoms with Crippen LogP contribution in [0.1, 0.15) is 96.3 Å². The normalized spacial score (nSPS) is 23.1. The van der Waals surface area contributed by atoms with Crippen LogP contribution in [0.2, 0.25) is 0 Å². The Kier molecular flexibility index (Phi) is 14.0. The third-order valence-electron chi connectivity index (χ3n) is 8.46. The van der Waals surface area contributed by atoms with Crippen LogP contribution in [0.25, 0.3) is 0 Å². The second-order valence-corrected chi connectivity index (χ2v) is 12.9. The summed E-state index contributed by atoms with van der Waals surface area (Å²) in [7, 11) is 1.79. The van der Waals surface area contributed by atoms with Crippen LogP contribution in [0.3, 0.4) is 0 Å². The van der Waals surface area contributed by atoms with Crippen molar-refractivity contribution in [2.24, 2.45) is 5.92 Å². The molecule has 0 spiro atoms. The quantitative estimate of drug-likeness (QED) is 0.341. The average molecular weight is 618 g/mol. The van der Waals surface area contributed by atoms with Crippen LogP contribution in [0.5, 0.6) is 5.75 Å². The maximum atomic E-state index is 14.2. The van der Waals surface area contributed by atoms with Gasteiger partial charge in [-0.3, -0.25) is 4.79 Å². The van der Waals surface area contributed by atoms with E-state index in [2.05, 4.69) is 16.0 Å². The van der Waals surface area contributed by atoms with Crippen LogP contribution in [0.4, 0.5) is 15.3 Å². The maximum absolute atomic E-state index is 14.2. The zero-order valence-electron chi connectivity index (χ0n) is 27.6. The van der Waals surface area contributed by atoms with Gasteiger partial charge in [0, 0.05) is 50.4 Å². The van der Waals surface area contributed by atoms with Gasteiger partial charge in [0.1, 0.15) is 5.75 Å². The fourth-order valence-corrected chi connectivity index (χ4v) is 5.78. The van der Waals surface area contributed by atoms with Gasteiger partial charge >= 0.3 is 12.1 Å². The number of rotatable bonds is 7. The molecule has 4 N–H and O–H groups in total. The summed E-state index contributed by atoms with van der Waals surface area (Å²) >= 11 is 0. The van der Waals surface area contributed by atoms with Crippen LogP contribution >= 0.6 is 0 Å². The highest BCUT2D eigenvalue weighted by Gasteiger charge is 2.31. The minimum absolute atomic E-state index is 0.0481. The highest BCUT2D eigenvalue weighted by Crippen LogP contribution is 2.28. The number of fused-ring (bicyclic) bond motifs is 1. The van der Waals surface area contributed by atoms with Crippen molar-refractivity contribution in [2.45, 2.75) is 116 Å². The van der Waals surface area contributed by atoms with E-state index in [9.17, 15) is 19.5 Å². The average Bonchev–Trinajstić information content (AvgIpc) is 2.98. The van der Waals surface area contributed by atoms with Gasteiger partial charge in [-0.15, -0.1) is 0 Å². The van der Waals surface area contributed by atoms with Gasteiger partial charge in [0.25, 0.3) is 5.91 Å². The van der Waals surface area contributed by atoms with Crippen molar-refractivity contribution in [1.82, 2.24) is 20.4 Å². The van der Waals surface area contributed by atoms with Gasteiger partial charge in [-0.25, -0.2) is 9.59 Å². The number of benzene rings is 1. The molecule has 0 saturated heterocycles. The molecule has 0 radical (unpaired) electrons. The van der Waals surface area contributed by atoms with E-state index < -0.39 is 6.04 Å². The van der Waals surface area contributed by atoms with E-state index in [-0.39, 0.29) is 54.8 Å². The first-order chi connectivity index (χ1) is 21.0. The largest absolute Gasteiger partial charge is 0.490 e. The second kappa shape index (κ2) is 17.4. The minimum Gasteiger partial charge on any atom is -0.490 e. The number of ether oxygens (including phenoxy) is 2. The van der Waals surface area contributed by atoms with Gasteiger partial charge in [-0.2, -0.15) is 0 Å². The molecule has 11 heteroatoms. The molecular weight excluding hydrogens is 562 g/mol. The summed E-state index contributed by atoms with van der Waals surface area (Å²) in [4.78, 5) is 43.0. The van der Waals surface area contributed by atoms with Crippen molar-refractivity contribution in [3.05, 3.63) is 23.8 Å². The molecule has 11 nitrogen and oxygen atoms in total. The minimum atomic E-state index is -0.489. The van der Waals surface area contributed by atoms with Gasteiger partial charge < -0.3 is 40.3 Å². The molecule has 4 atom stereocenters. The number of aliphatic hydroxyl groups is 1. The van der Waals surface area contributed by atoms with Gasteiger partial charge in [-0.1, -0.05) is 26.2 Å². The molecule has 44 heavy (non-hydrogen) atoms. The van der Waals surface area contributed by atoms with E-state index >= 15 is 0 Å². The van der Waals surface area contributed by atoms with Gasteiger partial charge in [0.05, 0.1) is 30.4 Å². The molecule has 0 bridgehead atoms. The molecule has 1 aliphatic heterocycles. The molecule has 3 rings (SSSR count). The summed E-state index contributed by atoms with van der Waals surface area (Å²) in [5.41, 5.74) is 0.772. The van der Waals surface area contributed by atoms with Crippen molar-refractivity contribution in [2.75, 3.05) is 38.7 Å². The van der Waals surface area contributed by atoms with Gasteiger partial charge in [-0.05, 0) is 78.0 Å². The number of amides is 5. The zero-order valence-corrected chi connectivity index (χ0v) is 27.6. The van der Waals surface area contributed by atoms with Crippen molar-refractivity contribution in [3.8, 4) is 5.75 Å². The summed E-state index contributed by atoms with van der Waals surface area (Å²) in [6.07, 6.45) is 7.54. The first kappa shape index (κ1) is 35.4. The number of hydrogen-bond donors (Lipinski definition) is 4. The Bertz CT molecular complexity index is 1080. The molecule has 5 amide bonds. The van der Waals surface area contributed by atoms with E-state index in [1.807, 2.05) is 27.7 Å². The Labute approximate surface area is 263 Å². The Morgan fingerprint density at radius 1 is 1.07 bits per heavy atom. The predicted molar refractivity (Wildman–Crippen MR) is 172 cm³/mol. The lowest BCUT2D eigenvalue weighted by Gasteiger charge is -2.36. The number of hydrogen-bond acceptors (Lipinski definition) is 6. The Balaban J connectivity index is 1.86. The topological polar surface area (TPSA) is 132 Å². The number of urea groups is 2. The fraction of sp³-hybridized carbons (Fsp3) is 0.727. The molecule has 1 aliphatic carbocycles. The van der Waals surface area contributed by atoms with Crippen LogP contribution in [0.15, 0.2) is 18.2 Å². The maximum Gasteiger partial charge on any atom is 0.319 e. The number of carbonyl (C=O) groups excluding carboxylic acids is 3. The molecule has 0 aromatic heterocycles. The van der Waals surface area contributed by atoms with Crippen LogP contribution in [-0.2, 0) is 4.74 Å². The lowest BCUT2D eigenvalue weighted by Crippen LogP contribution is -2.50. The Hall–Kier alpha value is -3.05. The van der Waals surface area contributed by atoms with Crippen LogP contribution in [0, 0.1) is 5.92 Å². The number of nitrogens with zero attached hydrogens (tertiary/aromatic N) is 2. The number of anilines is 1. The molecule has 1 aromatic carbocycles. The summed E-state index contributed by atoms with van der Waals surface area (Å²) in [6, 6.07) is 4.28. The van der Waals surface area contributed by atoms with Gasteiger partial charge in [0.15, 0.2) is 0 Å². The summed E-state index contributed by atoms with van der Waals surface area (Å²) in [5.74, 6) is -0.0287. The van der Waals surface area contributed by atoms with Crippen molar-refractivity contribution in [3.63, 3.8) is 0 Å². The number of carbonyl (C=O) groups is 3. The first-order valence-electron chi connectivity index (χ1n) is 16.4. The SMILES string of the molecule is CC(C)NC(=O)Nc1ccc2c(c1)C(=O)N([C@H](C)CO)C[C@@H](C)[C@H](CN(C)C(=O)NC1CCCCC1)OCCCC[C@@H](C)O2. The Morgan fingerprint density at radius 2 is 1.77 bits per heavy atom. The molecular formula is C33H55N5O6. The van der Waals surface area contributed by atoms with Crippen molar-refractivity contribution < 1.29 is 29.0 Å². The number of likely N-dealkylation sites (N-methyl/N-ethyl adjacent to an activating group) is 1. The van der Waals surface area contributed by atoms with Crippen molar-refractivity contribution in [1.29, 1.82) is 0 Å². The standard InChI is InChI=1S/C33H55N5O6/c1-22(2)34-32(41)35-27-15-16-29-28(18-27)31(40)38(24(4)21-39)19-23(3)30(43-17-11-10-12-25(5)44-29)20-37(6)33(42)36-26-13-8-7-9-14-26/h15-16,18,22-26,30,39H,7-14,17,19-21H2,1-6H3,(H,36,42)(H2,34,35,41)/t23-,24-,25-,30+/m1/s1. The molecule has 2 aliphatic rings.